The fourth-order valence-electron chi connectivity index (χ4n) is 1.16. The van der Waals surface area contributed by atoms with E-state index in [-0.39, 0.29) is 11.1 Å². The quantitative estimate of drug-likeness (QED) is 0.737. The molecule has 14 heavy (non-hydrogen) atoms. The van der Waals surface area contributed by atoms with Crippen LogP contribution in [0.2, 0.25) is 0 Å². The van der Waals surface area contributed by atoms with E-state index in [4.69, 9.17) is 10.2 Å². The lowest BCUT2D eigenvalue weighted by atomic mass is 10.1. The van der Waals surface area contributed by atoms with E-state index in [1.807, 2.05) is 0 Å². The Hall–Kier alpha value is -1.91. The molecule has 0 atom stereocenters. The molecule has 0 radical (unpaired) electrons. The van der Waals surface area contributed by atoms with Crippen LogP contribution in [0, 0.1) is 13.8 Å². The number of aryl methyl sites for hydroxylation is 2. The van der Waals surface area contributed by atoms with Crippen molar-refractivity contribution >= 4 is 11.9 Å². The number of carboxylic acids is 2. The SMILES string of the molecule is Cc1nc(C)c(C(=O)O)cc1C(=O)O. The molecule has 2 N–H and O–H groups in total. The van der Waals surface area contributed by atoms with E-state index in [0.29, 0.717) is 11.4 Å². The van der Waals surface area contributed by atoms with E-state index >= 15 is 0 Å². The first kappa shape index (κ1) is 10.2. The smallest absolute Gasteiger partial charge is 0.337 e. The molecular formula is C9H9NO4. The van der Waals surface area contributed by atoms with E-state index in [9.17, 15) is 9.59 Å². The van der Waals surface area contributed by atoms with Crippen molar-refractivity contribution in [2.45, 2.75) is 13.8 Å². The zero-order valence-corrected chi connectivity index (χ0v) is 7.74. The maximum atomic E-state index is 10.7. The largest absolute Gasteiger partial charge is 0.478 e. The van der Waals surface area contributed by atoms with Crippen LogP contribution in [0.3, 0.4) is 0 Å². The second-order valence-electron chi connectivity index (χ2n) is 2.86. The van der Waals surface area contributed by atoms with Crippen LogP contribution < -0.4 is 0 Å². The third-order valence-corrected chi connectivity index (χ3v) is 1.86. The minimum atomic E-state index is -1.17. The minimum absolute atomic E-state index is 0.0759. The normalized spacial score (nSPS) is 9.86. The fourth-order valence-corrected chi connectivity index (χ4v) is 1.16. The Balaban J connectivity index is 3.42. The second-order valence-corrected chi connectivity index (χ2v) is 2.86. The Morgan fingerprint density at radius 1 is 1.07 bits per heavy atom. The summed E-state index contributed by atoms with van der Waals surface area (Å²) in [6.45, 7) is 3.06. The van der Waals surface area contributed by atoms with Gasteiger partial charge in [0.1, 0.15) is 0 Å². The number of hydrogen-bond acceptors (Lipinski definition) is 3. The Morgan fingerprint density at radius 3 is 1.71 bits per heavy atom. The van der Waals surface area contributed by atoms with Gasteiger partial charge >= 0.3 is 11.9 Å². The van der Waals surface area contributed by atoms with Crippen LogP contribution in [0.1, 0.15) is 32.1 Å². The van der Waals surface area contributed by atoms with Crippen molar-refractivity contribution in [3.05, 3.63) is 28.6 Å². The highest BCUT2D eigenvalue weighted by Gasteiger charge is 2.15. The lowest BCUT2D eigenvalue weighted by molar-refractivity contribution is 0.0695. The summed E-state index contributed by atoms with van der Waals surface area (Å²) in [4.78, 5) is 25.2. The molecule has 1 rings (SSSR count). The van der Waals surface area contributed by atoms with Crippen molar-refractivity contribution in [2.24, 2.45) is 0 Å². The van der Waals surface area contributed by atoms with Crippen molar-refractivity contribution in [1.29, 1.82) is 0 Å². The Labute approximate surface area is 80.0 Å². The summed E-state index contributed by atoms with van der Waals surface area (Å²) in [5.74, 6) is -2.34. The monoisotopic (exact) mass is 195 g/mol. The summed E-state index contributed by atoms with van der Waals surface area (Å²) in [6, 6.07) is 1.13. The number of pyridine rings is 1. The zero-order chi connectivity index (χ0) is 10.9. The van der Waals surface area contributed by atoms with Gasteiger partial charge in [0.05, 0.1) is 22.5 Å². The van der Waals surface area contributed by atoms with Crippen LogP contribution in [-0.4, -0.2) is 27.1 Å². The third kappa shape index (κ3) is 1.71. The highest BCUT2D eigenvalue weighted by Crippen LogP contribution is 2.12. The van der Waals surface area contributed by atoms with Gasteiger partial charge in [-0.2, -0.15) is 0 Å². The molecule has 0 saturated carbocycles. The van der Waals surface area contributed by atoms with E-state index in [0.717, 1.165) is 6.07 Å². The molecule has 5 nitrogen and oxygen atoms in total. The Bertz CT molecular complexity index is 376. The minimum Gasteiger partial charge on any atom is -0.478 e. The number of carboxylic acid groups (broad SMARTS) is 2. The second kappa shape index (κ2) is 3.45. The summed E-state index contributed by atoms with van der Waals surface area (Å²) >= 11 is 0. The standard InChI is InChI=1S/C9H9NO4/c1-4-6(8(11)12)3-7(9(13)14)5(2)10-4/h3H,1-2H3,(H,11,12)(H,13,14). The summed E-state index contributed by atoms with van der Waals surface area (Å²) < 4.78 is 0. The first-order chi connectivity index (χ1) is 6.43. The van der Waals surface area contributed by atoms with E-state index < -0.39 is 11.9 Å². The first-order valence-electron chi connectivity index (χ1n) is 3.88. The van der Waals surface area contributed by atoms with Gasteiger partial charge in [0.2, 0.25) is 0 Å². The Morgan fingerprint density at radius 2 is 1.43 bits per heavy atom. The maximum absolute atomic E-state index is 10.7. The van der Waals surface area contributed by atoms with Crippen molar-refractivity contribution in [3.63, 3.8) is 0 Å². The molecule has 0 fully saturated rings. The number of carbonyl (C=O) groups is 2. The fraction of sp³-hybridized carbons (Fsp3) is 0.222. The highest BCUT2D eigenvalue weighted by molar-refractivity contribution is 5.94. The van der Waals surface area contributed by atoms with Crippen molar-refractivity contribution in [2.75, 3.05) is 0 Å². The van der Waals surface area contributed by atoms with Crippen LogP contribution in [0.15, 0.2) is 6.07 Å². The predicted octanol–water partition coefficient (Wildman–Crippen LogP) is 1.09. The number of rotatable bonds is 2. The predicted molar refractivity (Wildman–Crippen MR) is 47.6 cm³/mol. The van der Waals surface area contributed by atoms with Gasteiger partial charge < -0.3 is 10.2 Å². The van der Waals surface area contributed by atoms with Crippen LogP contribution in [-0.2, 0) is 0 Å². The molecule has 1 aromatic heterocycles. The van der Waals surface area contributed by atoms with Crippen LogP contribution in [0.25, 0.3) is 0 Å². The topological polar surface area (TPSA) is 87.5 Å². The molecule has 0 bridgehead atoms. The molecule has 0 amide bonds. The number of aromatic nitrogens is 1. The van der Waals surface area contributed by atoms with Crippen molar-refractivity contribution in [1.82, 2.24) is 4.98 Å². The summed E-state index contributed by atoms with van der Waals surface area (Å²) in [6.07, 6.45) is 0. The average molecular weight is 195 g/mol. The van der Waals surface area contributed by atoms with Gasteiger partial charge in [-0.25, -0.2) is 9.59 Å². The van der Waals surface area contributed by atoms with Crippen LogP contribution in [0.5, 0.6) is 0 Å². The van der Waals surface area contributed by atoms with Crippen molar-refractivity contribution in [3.8, 4) is 0 Å². The molecule has 5 heteroatoms. The summed E-state index contributed by atoms with van der Waals surface area (Å²) in [5.41, 5.74) is 0.487. The number of nitrogens with zero attached hydrogens (tertiary/aromatic N) is 1. The van der Waals surface area contributed by atoms with Gasteiger partial charge in [-0.05, 0) is 19.9 Å². The number of aromatic carboxylic acids is 2. The van der Waals surface area contributed by atoms with E-state index in [1.165, 1.54) is 13.8 Å². The van der Waals surface area contributed by atoms with E-state index in [2.05, 4.69) is 4.98 Å². The third-order valence-electron chi connectivity index (χ3n) is 1.86. The molecule has 0 spiro atoms. The molecule has 1 aromatic rings. The van der Waals surface area contributed by atoms with Gasteiger partial charge in [0.25, 0.3) is 0 Å². The van der Waals surface area contributed by atoms with Crippen LogP contribution in [0.4, 0.5) is 0 Å². The number of hydrogen-bond donors (Lipinski definition) is 2. The van der Waals surface area contributed by atoms with Gasteiger partial charge in [0.15, 0.2) is 0 Å². The Kier molecular flexibility index (Phi) is 2.51. The molecular weight excluding hydrogens is 186 g/mol. The molecule has 0 unspecified atom stereocenters. The van der Waals surface area contributed by atoms with Gasteiger partial charge in [-0.3, -0.25) is 4.98 Å². The highest BCUT2D eigenvalue weighted by atomic mass is 16.4. The van der Waals surface area contributed by atoms with E-state index in [1.54, 1.807) is 0 Å². The zero-order valence-electron chi connectivity index (χ0n) is 7.74. The van der Waals surface area contributed by atoms with Gasteiger partial charge in [-0.1, -0.05) is 0 Å². The molecule has 1 heterocycles. The summed E-state index contributed by atoms with van der Waals surface area (Å²) in [7, 11) is 0. The molecule has 0 saturated heterocycles. The first-order valence-corrected chi connectivity index (χ1v) is 3.88. The van der Waals surface area contributed by atoms with Crippen molar-refractivity contribution < 1.29 is 19.8 Å². The maximum Gasteiger partial charge on any atom is 0.337 e. The molecule has 0 aliphatic carbocycles. The lowest BCUT2D eigenvalue weighted by Crippen LogP contribution is -2.09. The lowest BCUT2D eigenvalue weighted by Gasteiger charge is -2.04. The van der Waals surface area contributed by atoms with Crippen LogP contribution >= 0.6 is 0 Å². The molecule has 0 aliphatic rings. The van der Waals surface area contributed by atoms with Gasteiger partial charge in [-0.15, -0.1) is 0 Å². The molecule has 0 aromatic carbocycles. The van der Waals surface area contributed by atoms with Gasteiger partial charge in [0, 0.05) is 0 Å². The molecule has 74 valence electrons. The average Bonchev–Trinajstić information content (AvgIpc) is 2.02. The summed E-state index contributed by atoms with van der Waals surface area (Å²) in [5, 5.41) is 17.5. The molecule has 0 aliphatic heterocycles.